The summed E-state index contributed by atoms with van der Waals surface area (Å²) in [4.78, 5) is 25.3. The number of benzene rings is 2. The van der Waals surface area contributed by atoms with Crippen molar-refractivity contribution in [3.05, 3.63) is 95.9 Å². The molecule has 6 heteroatoms. The number of hydrazine groups is 1. The van der Waals surface area contributed by atoms with Gasteiger partial charge in [-0.3, -0.25) is 15.0 Å². The largest absolute Gasteiger partial charge is 0.468 e. The maximum Gasteiger partial charge on any atom is 0.258 e. The van der Waals surface area contributed by atoms with Crippen molar-refractivity contribution in [2.45, 2.75) is 18.6 Å². The van der Waals surface area contributed by atoms with Crippen molar-refractivity contribution in [1.82, 2.24) is 15.8 Å². The maximum absolute atomic E-state index is 12.7. The van der Waals surface area contributed by atoms with Crippen molar-refractivity contribution in [3.8, 4) is 0 Å². The van der Waals surface area contributed by atoms with Gasteiger partial charge in [0.15, 0.2) is 0 Å². The van der Waals surface area contributed by atoms with E-state index in [1.54, 1.807) is 41.6 Å². The Morgan fingerprint density at radius 1 is 1.00 bits per heavy atom. The zero-order valence-corrected chi connectivity index (χ0v) is 14.5. The van der Waals surface area contributed by atoms with Crippen LogP contribution in [0.5, 0.6) is 0 Å². The molecule has 2 amide bonds. The van der Waals surface area contributed by atoms with Crippen LogP contribution in [-0.4, -0.2) is 22.9 Å². The average molecular weight is 361 g/mol. The number of hydrogen-bond donors (Lipinski definition) is 2. The van der Waals surface area contributed by atoms with Crippen LogP contribution in [0.25, 0.3) is 0 Å². The second-order valence-electron chi connectivity index (χ2n) is 6.36. The first-order valence-corrected chi connectivity index (χ1v) is 8.73. The molecule has 1 aliphatic heterocycles. The third kappa shape index (κ3) is 3.61. The number of rotatable bonds is 5. The van der Waals surface area contributed by atoms with Gasteiger partial charge in [0.1, 0.15) is 11.8 Å². The van der Waals surface area contributed by atoms with Gasteiger partial charge in [-0.05, 0) is 29.8 Å². The van der Waals surface area contributed by atoms with Gasteiger partial charge in [-0.1, -0.05) is 48.5 Å². The first-order chi connectivity index (χ1) is 13.2. The number of carbonyl (C=O) groups is 2. The highest BCUT2D eigenvalue weighted by molar-refractivity contribution is 5.98. The molecule has 4 rings (SSSR count). The van der Waals surface area contributed by atoms with E-state index >= 15 is 0 Å². The molecule has 2 heterocycles. The smallest absolute Gasteiger partial charge is 0.258 e. The van der Waals surface area contributed by atoms with Gasteiger partial charge in [0.05, 0.1) is 18.8 Å². The first kappa shape index (κ1) is 17.1. The van der Waals surface area contributed by atoms with Crippen molar-refractivity contribution >= 4 is 11.8 Å². The normalized spacial score (nSPS) is 19.6. The molecule has 0 unspecified atom stereocenters. The maximum atomic E-state index is 12.7. The molecule has 2 N–H and O–H groups in total. The van der Waals surface area contributed by atoms with E-state index in [0.717, 1.165) is 11.3 Å². The molecule has 0 aliphatic carbocycles. The monoisotopic (exact) mass is 361 g/mol. The van der Waals surface area contributed by atoms with Crippen LogP contribution >= 0.6 is 0 Å². The molecule has 1 aliphatic rings. The molecule has 1 saturated heterocycles. The third-order valence-corrected chi connectivity index (χ3v) is 4.56. The molecule has 27 heavy (non-hydrogen) atoms. The predicted molar refractivity (Wildman–Crippen MR) is 99.3 cm³/mol. The number of furan rings is 1. The number of nitrogens with one attached hydrogen (secondary N) is 2. The van der Waals surface area contributed by atoms with Crippen molar-refractivity contribution in [2.24, 2.45) is 0 Å². The Morgan fingerprint density at radius 2 is 1.70 bits per heavy atom. The van der Waals surface area contributed by atoms with E-state index in [1.807, 2.05) is 42.5 Å². The Kier molecular flexibility index (Phi) is 4.72. The number of amides is 2. The summed E-state index contributed by atoms with van der Waals surface area (Å²) < 4.78 is 5.42. The Labute approximate surface area is 156 Å². The zero-order chi connectivity index (χ0) is 18.6. The molecule has 0 saturated carbocycles. The Bertz CT molecular complexity index is 910. The molecular weight excluding hydrogens is 342 g/mol. The molecule has 0 spiro atoms. The third-order valence-electron chi connectivity index (χ3n) is 4.56. The lowest BCUT2D eigenvalue weighted by Crippen LogP contribution is -2.43. The lowest BCUT2D eigenvalue weighted by molar-refractivity contribution is -0.122. The fraction of sp³-hybridized carbons (Fsp3) is 0.143. The second-order valence-corrected chi connectivity index (χ2v) is 6.36. The Balaban J connectivity index is 1.62. The Hall–Kier alpha value is -3.38. The van der Waals surface area contributed by atoms with Crippen LogP contribution in [0.3, 0.4) is 0 Å². The summed E-state index contributed by atoms with van der Waals surface area (Å²) in [5.41, 5.74) is 4.31. The molecule has 3 aromatic rings. The van der Waals surface area contributed by atoms with Crippen LogP contribution in [-0.2, 0) is 11.3 Å². The van der Waals surface area contributed by atoms with Crippen LogP contribution in [0.2, 0.25) is 0 Å². The number of carbonyl (C=O) groups excluding carboxylic acids is 2. The minimum atomic E-state index is -0.713. The molecule has 1 aromatic heterocycles. The van der Waals surface area contributed by atoms with Crippen LogP contribution in [0, 0.1) is 0 Å². The van der Waals surface area contributed by atoms with Crippen LogP contribution in [0.4, 0.5) is 0 Å². The molecule has 1 fully saturated rings. The standard InChI is InChI=1S/C21H19N3O3/c25-20(16-10-5-2-6-11-16)22-18-19(15-8-3-1-4-9-15)24(23-21(18)26)14-17-12-7-13-27-17/h1-13,18-19H,14H2,(H,22,25)(H,23,26)/t18-,19-/m1/s1. The van der Waals surface area contributed by atoms with Gasteiger partial charge in [0, 0.05) is 5.56 Å². The fourth-order valence-corrected chi connectivity index (χ4v) is 3.29. The average Bonchev–Trinajstić information content (AvgIpc) is 3.32. The summed E-state index contributed by atoms with van der Waals surface area (Å²) in [5.74, 6) is 0.197. The van der Waals surface area contributed by atoms with Gasteiger partial charge < -0.3 is 9.73 Å². The van der Waals surface area contributed by atoms with Gasteiger partial charge in [-0.2, -0.15) is 0 Å². The molecule has 6 nitrogen and oxygen atoms in total. The summed E-state index contributed by atoms with van der Waals surface area (Å²) in [5, 5.41) is 4.68. The Morgan fingerprint density at radius 3 is 2.37 bits per heavy atom. The summed E-state index contributed by atoms with van der Waals surface area (Å²) in [6, 6.07) is 21.1. The summed E-state index contributed by atoms with van der Waals surface area (Å²) >= 11 is 0. The predicted octanol–water partition coefficient (Wildman–Crippen LogP) is 2.67. The molecule has 136 valence electrons. The topological polar surface area (TPSA) is 74.6 Å². The van der Waals surface area contributed by atoms with Gasteiger partial charge >= 0.3 is 0 Å². The first-order valence-electron chi connectivity index (χ1n) is 8.73. The van der Waals surface area contributed by atoms with Gasteiger partial charge in [0.25, 0.3) is 11.8 Å². The van der Waals surface area contributed by atoms with E-state index in [1.165, 1.54) is 0 Å². The van der Waals surface area contributed by atoms with Crippen LogP contribution in [0.1, 0.15) is 27.7 Å². The van der Waals surface area contributed by atoms with E-state index in [2.05, 4.69) is 10.7 Å². The van der Waals surface area contributed by atoms with E-state index in [0.29, 0.717) is 12.1 Å². The number of nitrogens with zero attached hydrogens (tertiary/aromatic N) is 1. The molecule has 2 atom stereocenters. The lowest BCUT2D eigenvalue weighted by atomic mass is 9.99. The summed E-state index contributed by atoms with van der Waals surface area (Å²) in [6.45, 7) is 0.399. The summed E-state index contributed by atoms with van der Waals surface area (Å²) in [7, 11) is 0. The van der Waals surface area contributed by atoms with E-state index in [9.17, 15) is 9.59 Å². The summed E-state index contributed by atoms with van der Waals surface area (Å²) in [6.07, 6.45) is 1.60. The fourth-order valence-electron chi connectivity index (χ4n) is 3.29. The minimum absolute atomic E-state index is 0.250. The van der Waals surface area contributed by atoms with Crippen molar-refractivity contribution in [3.63, 3.8) is 0 Å². The van der Waals surface area contributed by atoms with Crippen LogP contribution < -0.4 is 10.7 Å². The van der Waals surface area contributed by atoms with Gasteiger partial charge in [-0.25, -0.2) is 5.01 Å². The van der Waals surface area contributed by atoms with E-state index in [-0.39, 0.29) is 17.9 Å². The van der Waals surface area contributed by atoms with Gasteiger partial charge in [-0.15, -0.1) is 0 Å². The highest BCUT2D eigenvalue weighted by Crippen LogP contribution is 2.29. The van der Waals surface area contributed by atoms with Crippen molar-refractivity contribution in [2.75, 3.05) is 0 Å². The SMILES string of the molecule is O=C(N[C@H]1C(=O)NN(Cc2ccco2)[C@@H]1c1ccccc1)c1ccccc1. The molecule has 0 bridgehead atoms. The molecule has 0 radical (unpaired) electrons. The van der Waals surface area contributed by atoms with Crippen molar-refractivity contribution in [1.29, 1.82) is 0 Å². The second kappa shape index (κ2) is 7.47. The van der Waals surface area contributed by atoms with E-state index in [4.69, 9.17) is 4.42 Å². The molecular formula is C21H19N3O3. The number of hydrogen-bond acceptors (Lipinski definition) is 4. The van der Waals surface area contributed by atoms with E-state index < -0.39 is 6.04 Å². The van der Waals surface area contributed by atoms with Crippen LogP contribution in [0.15, 0.2) is 83.5 Å². The highest BCUT2D eigenvalue weighted by atomic mass is 16.3. The lowest BCUT2D eigenvalue weighted by Gasteiger charge is -2.26. The minimum Gasteiger partial charge on any atom is -0.468 e. The highest BCUT2D eigenvalue weighted by Gasteiger charge is 2.43. The van der Waals surface area contributed by atoms with Crippen molar-refractivity contribution < 1.29 is 14.0 Å². The molecule has 2 aromatic carbocycles. The quantitative estimate of drug-likeness (QED) is 0.733. The van der Waals surface area contributed by atoms with Gasteiger partial charge in [0.2, 0.25) is 0 Å². The zero-order valence-electron chi connectivity index (χ0n) is 14.5.